The molecular weight excluding hydrogens is 304 g/mol. The second-order valence-electron chi connectivity index (χ2n) is 7.08. The van der Waals surface area contributed by atoms with Gasteiger partial charge < -0.3 is 20.1 Å². The molecule has 2 N–H and O–H groups in total. The Labute approximate surface area is 144 Å². The average Bonchev–Trinajstić information content (AvgIpc) is 2.92. The van der Waals surface area contributed by atoms with Gasteiger partial charge in [0.05, 0.1) is 20.3 Å². The smallest absolute Gasteiger partial charge is 0.220 e. The lowest BCUT2D eigenvalue weighted by atomic mass is 9.89. The van der Waals surface area contributed by atoms with Crippen LogP contribution in [0.5, 0.6) is 11.5 Å². The van der Waals surface area contributed by atoms with E-state index in [0.717, 1.165) is 18.4 Å². The van der Waals surface area contributed by atoms with Crippen molar-refractivity contribution in [1.82, 2.24) is 10.6 Å². The molecule has 2 saturated heterocycles. The Hall–Kier alpha value is -1.75. The van der Waals surface area contributed by atoms with Crippen molar-refractivity contribution < 1.29 is 14.3 Å². The fraction of sp³-hybridized carbons (Fsp3) is 0.632. The molecule has 5 heteroatoms. The van der Waals surface area contributed by atoms with E-state index >= 15 is 0 Å². The first-order valence-electron chi connectivity index (χ1n) is 8.86. The minimum atomic E-state index is -0.0456. The van der Waals surface area contributed by atoms with E-state index in [1.54, 1.807) is 14.2 Å². The maximum atomic E-state index is 12.4. The summed E-state index contributed by atoms with van der Waals surface area (Å²) in [5.41, 5.74) is 1.02. The molecular formula is C19H28N2O3. The number of nitrogens with one attached hydrogen (secondary N) is 2. The summed E-state index contributed by atoms with van der Waals surface area (Å²) < 4.78 is 10.6. The lowest BCUT2D eigenvalue weighted by Crippen LogP contribution is -2.40. The first kappa shape index (κ1) is 17.1. The zero-order valence-electron chi connectivity index (χ0n) is 14.8. The molecule has 2 bridgehead atoms. The van der Waals surface area contributed by atoms with Crippen molar-refractivity contribution in [2.75, 3.05) is 14.2 Å². The fourth-order valence-electron chi connectivity index (χ4n) is 4.11. The molecule has 3 atom stereocenters. The summed E-state index contributed by atoms with van der Waals surface area (Å²) in [6.45, 7) is 2.01. The van der Waals surface area contributed by atoms with Gasteiger partial charge in [-0.1, -0.05) is 6.07 Å². The predicted molar refractivity (Wildman–Crippen MR) is 93.4 cm³/mol. The molecule has 132 valence electrons. The van der Waals surface area contributed by atoms with Gasteiger partial charge in [-0.15, -0.1) is 0 Å². The zero-order chi connectivity index (χ0) is 17.1. The summed E-state index contributed by atoms with van der Waals surface area (Å²) in [5, 5.41) is 6.75. The number of piperidine rings is 1. The van der Waals surface area contributed by atoms with Gasteiger partial charge in [-0.05, 0) is 56.2 Å². The lowest BCUT2D eigenvalue weighted by Gasteiger charge is -2.29. The molecule has 0 spiro atoms. The lowest BCUT2D eigenvalue weighted by molar-refractivity contribution is -0.122. The molecule has 0 aliphatic carbocycles. The van der Waals surface area contributed by atoms with Crippen LogP contribution in [0.15, 0.2) is 18.2 Å². The van der Waals surface area contributed by atoms with Crippen LogP contribution >= 0.6 is 0 Å². The number of ether oxygens (including phenoxy) is 2. The van der Waals surface area contributed by atoms with Crippen LogP contribution in [0.2, 0.25) is 0 Å². The molecule has 2 aliphatic rings. The van der Waals surface area contributed by atoms with E-state index in [4.69, 9.17) is 9.47 Å². The van der Waals surface area contributed by atoms with Crippen LogP contribution < -0.4 is 20.1 Å². The molecule has 24 heavy (non-hydrogen) atoms. The Bertz CT molecular complexity index is 578. The summed E-state index contributed by atoms with van der Waals surface area (Å²) >= 11 is 0. The van der Waals surface area contributed by atoms with E-state index in [1.165, 1.54) is 12.8 Å². The van der Waals surface area contributed by atoms with Crippen molar-refractivity contribution in [3.8, 4) is 11.5 Å². The normalized spacial score (nSPS) is 26.7. The SMILES string of the molecule is COc1ccc(C(C)NC(=O)CC2CC3CCC(C2)N3)cc1OC. The van der Waals surface area contributed by atoms with E-state index in [2.05, 4.69) is 10.6 Å². The third-order valence-corrected chi connectivity index (χ3v) is 5.33. The first-order valence-corrected chi connectivity index (χ1v) is 8.86. The van der Waals surface area contributed by atoms with Crippen LogP contribution in [-0.4, -0.2) is 32.2 Å². The quantitative estimate of drug-likeness (QED) is 0.841. The predicted octanol–water partition coefficient (Wildman–Crippen LogP) is 2.80. The minimum absolute atomic E-state index is 0.0456. The number of hydrogen-bond donors (Lipinski definition) is 2. The summed E-state index contributed by atoms with van der Waals surface area (Å²) in [6.07, 6.45) is 5.44. The number of amides is 1. The van der Waals surface area contributed by atoms with Crippen LogP contribution in [0.3, 0.4) is 0 Å². The maximum Gasteiger partial charge on any atom is 0.220 e. The molecule has 0 radical (unpaired) electrons. The van der Waals surface area contributed by atoms with Gasteiger partial charge in [0.15, 0.2) is 11.5 Å². The Balaban J connectivity index is 1.56. The zero-order valence-corrected chi connectivity index (χ0v) is 14.8. The second-order valence-corrected chi connectivity index (χ2v) is 7.08. The van der Waals surface area contributed by atoms with Crippen LogP contribution in [0, 0.1) is 5.92 Å². The fourth-order valence-corrected chi connectivity index (χ4v) is 4.11. The molecule has 3 unspecified atom stereocenters. The highest BCUT2D eigenvalue weighted by molar-refractivity contribution is 5.76. The number of rotatable bonds is 6. The molecule has 1 aromatic rings. The molecule has 3 rings (SSSR count). The Kier molecular flexibility index (Phi) is 5.29. The van der Waals surface area contributed by atoms with Gasteiger partial charge in [-0.2, -0.15) is 0 Å². The van der Waals surface area contributed by atoms with Crippen molar-refractivity contribution in [3.63, 3.8) is 0 Å². The summed E-state index contributed by atoms with van der Waals surface area (Å²) in [4.78, 5) is 12.4. The van der Waals surface area contributed by atoms with E-state index in [-0.39, 0.29) is 11.9 Å². The first-order chi connectivity index (χ1) is 11.6. The van der Waals surface area contributed by atoms with E-state index < -0.39 is 0 Å². The van der Waals surface area contributed by atoms with Crippen molar-refractivity contribution in [1.29, 1.82) is 0 Å². The van der Waals surface area contributed by atoms with Crippen LogP contribution in [0.4, 0.5) is 0 Å². The highest BCUT2D eigenvalue weighted by Crippen LogP contribution is 2.33. The molecule has 1 amide bonds. The standard InChI is InChI=1S/C19H28N2O3/c1-12(14-4-7-17(23-2)18(11-14)24-3)20-19(22)10-13-8-15-5-6-16(9-13)21-15/h4,7,11-13,15-16,21H,5-6,8-10H2,1-3H3,(H,20,22). The molecule has 0 aromatic heterocycles. The second kappa shape index (κ2) is 7.43. The number of methoxy groups -OCH3 is 2. The van der Waals surface area contributed by atoms with Crippen molar-refractivity contribution in [3.05, 3.63) is 23.8 Å². The van der Waals surface area contributed by atoms with Gasteiger partial charge in [0, 0.05) is 18.5 Å². The number of carbonyl (C=O) groups is 1. The third kappa shape index (κ3) is 3.83. The Morgan fingerprint density at radius 1 is 1.21 bits per heavy atom. The largest absolute Gasteiger partial charge is 0.493 e. The third-order valence-electron chi connectivity index (χ3n) is 5.33. The monoisotopic (exact) mass is 332 g/mol. The van der Waals surface area contributed by atoms with Crippen LogP contribution in [-0.2, 0) is 4.79 Å². The molecule has 2 heterocycles. The van der Waals surface area contributed by atoms with Gasteiger partial charge in [0.2, 0.25) is 5.91 Å². The maximum absolute atomic E-state index is 12.4. The number of benzene rings is 1. The van der Waals surface area contributed by atoms with Gasteiger partial charge in [0.25, 0.3) is 0 Å². The van der Waals surface area contributed by atoms with E-state index in [0.29, 0.717) is 35.9 Å². The summed E-state index contributed by atoms with van der Waals surface area (Å²) in [7, 11) is 3.24. The van der Waals surface area contributed by atoms with Gasteiger partial charge >= 0.3 is 0 Å². The summed E-state index contributed by atoms with van der Waals surface area (Å²) in [5.74, 6) is 2.04. The number of hydrogen-bond acceptors (Lipinski definition) is 4. The average molecular weight is 332 g/mol. The topological polar surface area (TPSA) is 59.6 Å². The van der Waals surface area contributed by atoms with Crippen LogP contribution in [0.25, 0.3) is 0 Å². The Morgan fingerprint density at radius 3 is 2.50 bits per heavy atom. The van der Waals surface area contributed by atoms with E-state index in [9.17, 15) is 4.79 Å². The van der Waals surface area contributed by atoms with Gasteiger partial charge in [-0.3, -0.25) is 4.79 Å². The van der Waals surface area contributed by atoms with Crippen molar-refractivity contribution >= 4 is 5.91 Å². The molecule has 2 aliphatic heterocycles. The van der Waals surface area contributed by atoms with Gasteiger partial charge in [-0.25, -0.2) is 0 Å². The highest BCUT2D eigenvalue weighted by Gasteiger charge is 2.34. The molecule has 5 nitrogen and oxygen atoms in total. The number of carbonyl (C=O) groups excluding carboxylic acids is 1. The number of fused-ring (bicyclic) bond motifs is 2. The highest BCUT2D eigenvalue weighted by atomic mass is 16.5. The van der Waals surface area contributed by atoms with E-state index in [1.807, 2.05) is 25.1 Å². The minimum Gasteiger partial charge on any atom is -0.493 e. The molecule has 0 saturated carbocycles. The Morgan fingerprint density at radius 2 is 1.88 bits per heavy atom. The van der Waals surface area contributed by atoms with Crippen molar-refractivity contribution in [2.45, 2.75) is 57.2 Å². The molecule has 1 aromatic carbocycles. The van der Waals surface area contributed by atoms with Gasteiger partial charge in [0.1, 0.15) is 0 Å². The van der Waals surface area contributed by atoms with Crippen LogP contribution in [0.1, 0.15) is 50.6 Å². The summed E-state index contributed by atoms with van der Waals surface area (Å²) in [6, 6.07) is 6.98. The van der Waals surface area contributed by atoms with Crippen molar-refractivity contribution in [2.24, 2.45) is 5.92 Å². The molecule has 2 fully saturated rings.